The van der Waals surface area contributed by atoms with Gasteiger partial charge in [0.25, 0.3) is 0 Å². The minimum atomic E-state index is -0.535. The monoisotopic (exact) mass is 551 g/mol. The molecule has 2 aromatic rings. The van der Waals surface area contributed by atoms with E-state index in [4.69, 9.17) is 43.6 Å². The highest BCUT2D eigenvalue weighted by molar-refractivity contribution is 6.39. The number of amides is 1. The lowest BCUT2D eigenvalue weighted by Gasteiger charge is -2.29. The van der Waals surface area contributed by atoms with Gasteiger partial charge in [-0.05, 0) is 70.7 Å². The Hall–Kier alpha value is -2.69. The van der Waals surface area contributed by atoms with Crippen LogP contribution in [-0.2, 0) is 9.53 Å². The summed E-state index contributed by atoms with van der Waals surface area (Å²) in [4.78, 5) is 25.4. The number of rotatable bonds is 6. The number of primary amides is 1. The van der Waals surface area contributed by atoms with Crippen molar-refractivity contribution >= 4 is 59.2 Å². The van der Waals surface area contributed by atoms with Crippen molar-refractivity contribution in [1.82, 2.24) is 14.9 Å². The molecule has 0 spiro atoms. The maximum atomic E-state index is 13.8. The molecular weight excluding hydrogens is 520 g/mol. The molecule has 1 saturated carbocycles. The standard InChI is InChI=1S/C25H32Cl2FN7O2/c1-14-23(34-24(30-2)32-17-4-3-10-37-11-9-17)35(18-7-5-15(6-8-18)22(29)36)25(31-14)33-21-19(26)12-16(28)13-20(21)27/h12-13,15,17-18H,2-11H2,1H3,(H2,29,36)(H,31,33)(H,32,34)/t15-,17?,18+. The number of benzene rings is 1. The Labute approximate surface area is 225 Å². The summed E-state index contributed by atoms with van der Waals surface area (Å²) in [6.07, 6.45) is 5.47. The average molecular weight is 552 g/mol. The molecule has 9 nitrogen and oxygen atoms in total. The van der Waals surface area contributed by atoms with Crippen LogP contribution in [0.2, 0.25) is 10.0 Å². The topological polar surface area (TPSA) is 119 Å². The van der Waals surface area contributed by atoms with E-state index < -0.39 is 5.82 Å². The minimum Gasteiger partial charge on any atom is -0.381 e. The number of aromatic nitrogens is 2. The van der Waals surface area contributed by atoms with E-state index in [0.29, 0.717) is 61.4 Å². The molecule has 1 unspecified atom stereocenters. The molecule has 0 radical (unpaired) electrons. The number of carbonyl (C=O) groups is 1. The van der Waals surface area contributed by atoms with Crippen molar-refractivity contribution in [2.24, 2.45) is 21.6 Å². The lowest BCUT2D eigenvalue weighted by atomic mass is 9.85. The lowest BCUT2D eigenvalue weighted by molar-refractivity contribution is -0.122. The third-order valence-corrected chi connectivity index (χ3v) is 7.50. The molecule has 1 aromatic carbocycles. The fourth-order valence-corrected chi connectivity index (χ4v) is 5.50. The van der Waals surface area contributed by atoms with Gasteiger partial charge >= 0.3 is 0 Å². The first-order valence-electron chi connectivity index (χ1n) is 12.5. The third-order valence-electron chi connectivity index (χ3n) is 6.91. The van der Waals surface area contributed by atoms with E-state index in [1.54, 1.807) is 0 Å². The number of guanidine groups is 1. The summed E-state index contributed by atoms with van der Waals surface area (Å²) in [5.74, 6) is 0.476. The zero-order valence-corrected chi connectivity index (χ0v) is 22.3. The van der Waals surface area contributed by atoms with Gasteiger partial charge in [0, 0.05) is 31.2 Å². The number of hydrogen-bond acceptors (Lipinski definition) is 5. The first-order chi connectivity index (χ1) is 17.8. The zero-order chi connectivity index (χ0) is 26.5. The first-order valence-corrected chi connectivity index (χ1v) is 13.2. The molecular formula is C25H32Cl2FN7O2. The Balaban J connectivity index is 1.71. The highest BCUT2D eigenvalue weighted by Gasteiger charge is 2.30. The normalized spacial score (nSPS) is 22.8. The number of ether oxygens (including phenoxy) is 1. The van der Waals surface area contributed by atoms with Crippen LogP contribution in [0.15, 0.2) is 22.1 Å². The van der Waals surface area contributed by atoms with Crippen LogP contribution in [0, 0.1) is 18.7 Å². The first kappa shape index (κ1) is 27.3. The number of carbonyl (C=O) groups excluding carboxylic acids is 1. The van der Waals surface area contributed by atoms with E-state index in [2.05, 4.69) is 22.3 Å². The van der Waals surface area contributed by atoms with Gasteiger partial charge in [-0.15, -0.1) is 0 Å². The molecule has 2 aliphatic rings. The molecule has 2 heterocycles. The van der Waals surface area contributed by atoms with Crippen LogP contribution in [0.25, 0.3) is 0 Å². The summed E-state index contributed by atoms with van der Waals surface area (Å²) in [5, 5.41) is 6.84. The number of aliphatic imine (C=N–C) groups is 2. The van der Waals surface area contributed by atoms with Crippen molar-refractivity contribution in [2.75, 3.05) is 18.5 Å². The quantitative estimate of drug-likeness (QED) is 0.326. The number of anilines is 2. The van der Waals surface area contributed by atoms with Crippen LogP contribution in [0.4, 0.5) is 21.8 Å². The van der Waals surface area contributed by atoms with E-state index in [9.17, 15) is 9.18 Å². The molecule has 4 N–H and O–H groups in total. The Morgan fingerprint density at radius 2 is 1.89 bits per heavy atom. The van der Waals surface area contributed by atoms with Gasteiger partial charge in [-0.2, -0.15) is 4.99 Å². The summed E-state index contributed by atoms with van der Waals surface area (Å²) < 4.78 is 21.3. The Morgan fingerprint density at radius 1 is 1.19 bits per heavy atom. The Kier molecular flexibility index (Phi) is 9.04. The maximum absolute atomic E-state index is 13.8. The second kappa shape index (κ2) is 12.2. The predicted molar refractivity (Wildman–Crippen MR) is 145 cm³/mol. The third kappa shape index (κ3) is 6.61. The highest BCUT2D eigenvalue weighted by Crippen LogP contribution is 2.41. The van der Waals surface area contributed by atoms with Crippen LogP contribution in [-0.4, -0.2) is 47.4 Å². The Morgan fingerprint density at radius 3 is 2.54 bits per heavy atom. The molecule has 1 aliphatic heterocycles. The second-order valence-electron chi connectivity index (χ2n) is 9.47. The van der Waals surface area contributed by atoms with Gasteiger partial charge in [-0.1, -0.05) is 23.2 Å². The molecule has 4 rings (SSSR count). The maximum Gasteiger partial charge on any atom is 0.224 e. The van der Waals surface area contributed by atoms with Gasteiger partial charge in [0.2, 0.25) is 17.8 Å². The summed E-state index contributed by atoms with van der Waals surface area (Å²) in [7, 11) is 0. The van der Waals surface area contributed by atoms with Crippen LogP contribution in [0.3, 0.4) is 0 Å². The largest absolute Gasteiger partial charge is 0.381 e. The summed E-state index contributed by atoms with van der Waals surface area (Å²) in [6, 6.07) is 2.53. The van der Waals surface area contributed by atoms with Crippen molar-refractivity contribution in [1.29, 1.82) is 0 Å². The van der Waals surface area contributed by atoms with Crippen molar-refractivity contribution in [3.05, 3.63) is 33.7 Å². The van der Waals surface area contributed by atoms with E-state index in [0.717, 1.165) is 25.9 Å². The molecule has 1 aromatic heterocycles. The molecule has 1 aliphatic carbocycles. The van der Waals surface area contributed by atoms with Crippen LogP contribution >= 0.6 is 23.2 Å². The molecule has 1 atom stereocenters. The number of halogens is 3. The van der Waals surface area contributed by atoms with Crippen molar-refractivity contribution < 1.29 is 13.9 Å². The van der Waals surface area contributed by atoms with Gasteiger partial charge in [0.05, 0.1) is 21.4 Å². The second-order valence-corrected chi connectivity index (χ2v) is 10.3. The van der Waals surface area contributed by atoms with Crippen molar-refractivity contribution in [3.63, 3.8) is 0 Å². The summed E-state index contributed by atoms with van der Waals surface area (Å²) in [5.41, 5.74) is 6.56. The van der Waals surface area contributed by atoms with Crippen LogP contribution < -0.4 is 16.4 Å². The molecule has 37 heavy (non-hydrogen) atoms. The smallest absolute Gasteiger partial charge is 0.224 e. The number of imidazole rings is 1. The Bertz CT molecular complexity index is 1150. The van der Waals surface area contributed by atoms with Gasteiger partial charge in [-0.25, -0.2) is 14.4 Å². The van der Waals surface area contributed by atoms with Crippen LogP contribution in [0.5, 0.6) is 0 Å². The van der Waals surface area contributed by atoms with E-state index in [-0.39, 0.29) is 34.0 Å². The number of nitrogens with zero attached hydrogens (tertiary/aromatic N) is 4. The average Bonchev–Trinajstić information content (AvgIpc) is 3.00. The molecule has 1 saturated heterocycles. The van der Waals surface area contributed by atoms with E-state index in [1.165, 1.54) is 12.1 Å². The van der Waals surface area contributed by atoms with Crippen LogP contribution in [0.1, 0.15) is 56.7 Å². The fraction of sp³-hybridized carbons (Fsp3) is 0.520. The SMILES string of the molecule is C=N/C(=N\c1c(C)nc(Nc2c(Cl)cc(F)cc2Cl)n1[C@H]1CC[C@@H](C(N)=O)CC1)NC1CCCOCC1. The lowest BCUT2D eigenvalue weighted by Crippen LogP contribution is -2.34. The molecule has 1 amide bonds. The molecule has 2 fully saturated rings. The van der Waals surface area contributed by atoms with Gasteiger partial charge < -0.3 is 21.1 Å². The number of hydrogen-bond donors (Lipinski definition) is 3. The minimum absolute atomic E-state index is 0.0200. The summed E-state index contributed by atoms with van der Waals surface area (Å²) >= 11 is 12.6. The van der Waals surface area contributed by atoms with E-state index >= 15 is 0 Å². The summed E-state index contributed by atoms with van der Waals surface area (Å²) in [6.45, 7) is 6.98. The zero-order valence-electron chi connectivity index (χ0n) is 20.8. The highest BCUT2D eigenvalue weighted by atomic mass is 35.5. The van der Waals surface area contributed by atoms with Gasteiger partial charge in [0.1, 0.15) is 5.82 Å². The van der Waals surface area contributed by atoms with Crippen molar-refractivity contribution in [3.8, 4) is 0 Å². The predicted octanol–water partition coefficient (Wildman–Crippen LogP) is 5.44. The van der Waals surface area contributed by atoms with Gasteiger partial charge in [0.15, 0.2) is 5.82 Å². The van der Waals surface area contributed by atoms with E-state index in [1.807, 2.05) is 11.5 Å². The fourth-order valence-electron chi connectivity index (χ4n) is 4.94. The van der Waals surface area contributed by atoms with Crippen molar-refractivity contribution in [2.45, 2.75) is 64.0 Å². The number of aryl methyl sites for hydroxylation is 1. The number of nitrogens with one attached hydrogen (secondary N) is 2. The number of nitrogens with two attached hydrogens (primary N) is 1. The van der Waals surface area contributed by atoms with Gasteiger partial charge in [-0.3, -0.25) is 9.36 Å². The molecule has 0 bridgehead atoms. The molecule has 12 heteroatoms. The molecule has 200 valence electrons.